The van der Waals surface area contributed by atoms with Crippen molar-refractivity contribution >= 4 is 18.1 Å². The van der Waals surface area contributed by atoms with Gasteiger partial charge in [-0.2, -0.15) is 0 Å². The van der Waals surface area contributed by atoms with Gasteiger partial charge in [-0.25, -0.2) is 0 Å². The van der Waals surface area contributed by atoms with E-state index in [4.69, 9.17) is 5.73 Å². The van der Waals surface area contributed by atoms with E-state index in [9.17, 15) is 0 Å². The second-order valence-electron chi connectivity index (χ2n) is 5.86. The molecule has 0 amide bonds. The van der Waals surface area contributed by atoms with E-state index < -0.39 is 0 Å². The molecule has 0 aromatic heterocycles. The minimum Gasteiger partial charge on any atom is -0.390 e. The van der Waals surface area contributed by atoms with Crippen molar-refractivity contribution in [1.29, 1.82) is 0 Å². The number of fused-ring (bicyclic) bond motifs is 1. The quantitative estimate of drug-likeness (QED) is 0.463. The monoisotopic (exact) mass is 291 g/mol. The molecule has 0 saturated carbocycles. The van der Waals surface area contributed by atoms with Crippen LogP contribution in [-0.4, -0.2) is 29.6 Å². The van der Waals surface area contributed by atoms with Crippen LogP contribution in [0.4, 0.5) is 0 Å². The number of hydrogen-bond donors (Lipinski definition) is 1. The van der Waals surface area contributed by atoms with E-state index in [2.05, 4.69) is 43.8 Å². The van der Waals surface area contributed by atoms with Gasteiger partial charge in [-0.3, -0.25) is 4.99 Å². The average Bonchev–Trinajstić information content (AvgIpc) is 2.69. The zero-order valence-corrected chi connectivity index (χ0v) is 13.5. The molecule has 2 aliphatic heterocycles. The van der Waals surface area contributed by atoms with Crippen LogP contribution in [0.15, 0.2) is 40.0 Å². The van der Waals surface area contributed by atoms with Crippen molar-refractivity contribution in [1.82, 2.24) is 4.90 Å². The topological polar surface area (TPSA) is 41.6 Å². The molecular weight excluding hydrogens is 266 g/mol. The maximum absolute atomic E-state index is 5.28. The molecule has 2 aliphatic rings. The molecule has 2 atom stereocenters. The van der Waals surface area contributed by atoms with Crippen molar-refractivity contribution in [3.05, 3.63) is 35.0 Å². The third kappa shape index (κ3) is 2.53. The lowest BCUT2D eigenvalue weighted by molar-refractivity contribution is 0.107. The Hall–Kier alpha value is -1.16. The highest BCUT2D eigenvalue weighted by Gasteiger charge is 2.49. The van der Waals surface area contributed by atoms with Gasteiger partial charge in [0, 0.05) is 34.7 Å². The number of thioether (sulfide) groups is 1. The summed E-state index contributed by atoms with van der Waals surface area (Å²) in [7, 11) is 0. The normalized spacial score (nSPS) is 25.6. The maximum atomic E-state index is 5.28. The van der Waals surface area contributed by atoms with E-state index >= 15 is 0 Å². The summed E-state index contributed by atoms with van der Waals surface area (Å²) in [6, 6.07) is 0.592. The third-order valence-electron chi connectivity index (χ3n) is 4.06. The van der Waals surface area contributed by atoms with E-state index in [0.29, 0.717) is 17.9 Å². The summed E-state index contributed by atoms with van der Waals surface area (Å²) in [6.45, 7) is 15.9. The van der Waals surface area contributed by atoms with Gasteiger partial charge in [0.2, 0.25) is 0 Å². The molecule has 2 rings (SSSR count). The second kappa shape index (κ2) is 6.08. The predicted octanol–water partition coefficient (Wildman–Crippen LogP) is 3.37. The first-order valence-electron chi connectivity index (χ1n) is 7.18. The zero-order valence-electron chi connectivity index (χ0n) is 12.7. The molecule has 2 heterocycles. The summed E-state index contributed by atoms with van der Waals surface area (Å²) in [5, 5.41) is 0. The van der Waals surface area contributed by atoms with Gasteiger partial charge in [-0.1, -0.05) is 27.0 Å². The highest BCUT2D eigenvalue weighted by atomic mass is 32.2. The molecule has 1 fully saturated rings. The molecule has 20 heavy (non-hydrogen) atoms. The van der Waals surface area contributed by atoms with Crippen molar-refractivity contribution in [2.75, 3.05) is 12.3 Å². The standard InChI is InChI=1S/C16H25N3S/c1-10(2)15-12(5)19-13(15)8-14(16(19)11(3)4)20-7-6-18-9-17/h9-10,13,15H,3,5-8H2,1-2,4H3,(H2,17,18). The molecule has 0 aliphatic carbocycles. The maximum Gasteiger partial charge on any atom is 0.0798 e. The fourth-order valence-corrected chi connectivity index (χ4v) is 4.46. The highest BCUT2D eigenvalue weighted by Crippen LogP contribution is 2.53. The van der Waals surface area contributed by atoms with Crippen molar-refractivity contribution in [3.63, 3.8) is 0 Å². The number of nitrogens with two attached hydrogens (primary N) is 1. The van der Waals surface area contributed by atoms with Crippen molar-refractivity contribution in [3.8, 4) is 0 Å². The average molecular weight is 291 g/mol. The summed E-state index contributed by atoms with van der Waals surface area (Å²) in [5.74, 6) is 2.24. The van der Waals surface area contributed by atoms with Gasteiger partial charge in [0.25, 0.3) is 0 Å². The number of rotatable bonds is 6. The highest BCUT2D eigenvalue weighted by molar-refractivity contribution is 8.03. The lowest BCUT2D eigenvalue weighted by Crippen LogP contribution is -2.51. The lowest BCUT2D eigenvalue weighted by Gasteiger charge is -2.51. The van der Waals surface area contributed by atoms with Crippen LogP contribution in [-0.2, 0) is 0 Å². The Kier molecular flexibility index (Phi) is 4.63. The van der Waals surface area contributed by atoms with Crippen molar-refractivity contribution in [2.45, 2.75) is 33.2 Å². The van der Waals surface area contributed by atoms with Crippen LogP contribution in [0.3, 0.4) is 0 Å². The Bertz CT molecular complexity index is 476. The van der Waals surface area contributed by atoms with Crippen LogP contribution >= 0.6 is 11.8 Å². The SMILES string of the molecule is C=C(C)C1=C(SCCN=CN)CC2C(C(C)C)C(=C)N12. The van der Waals surface area contributed by atoms with Crippen molar-refractivity contribution < 1.29 is 0 Å². The molecule has 0 spiro atoms. The molecule has 4 heteroatoms. The first kappa shape index (κ1) is 15.2. The van der Waals surface area contributed by atoms with Crippen LogP contribution in [0.5, 0.6) is 0 Å². The van der Waals surface area contributed by atoms with E-state index in [1.165, 1.54) is 22.6 Å². The van der Waals surface area contributed by atoms with Gasteiger partial charge in [0.1, 0.15) is 0 Å². The Balaban J connectivity index is 2.11. The fraction of sp³-hybridized carbons (Fsp3) is 0.562. The predicted molar refractivity (Wildman–Crippen MR) is 89.6 cm³/mol. The molecule has 0 aromatic carbocycles. The number of nitrogens with zero attached hydrogens (tertiary/aromatic N) is 2. The Morgan fingerprint density at radius 1 is 1.60 bits per heavy atom. The van der Waals surface area contributed by atoms with Crippen LogP contribution in [0.25, 0.3) is 0 Å². The van der Waals surface area contributed by atoms with E-state index in [0.717, 1.165) is 24.3 Å². The summed E-state index contributed by atoms with van der Waals surface area (Å²) in [5.41, 5.74) is 8.98. The van der Waals surface area contributed by atoms with Crippen LogP contribution in [0.1, 0.15) is 27.2 Å². The molecule has 3 nitrogen and oxygen atoms in total. The molecule has 2 N–H and O–H groups in total. The van der Waals surface area contributed by atoms with Gasteiger partial charge in [-0.05, 0) is 18.4 Å². The molecule has 110 valence electrons. The molecular formula is C16H25N3S. The second-order valence-corrected chi connectivity index (χ2v) is 7.05. The van der Waals surface area contributed by atoms with Crippen molar-refractivity contribution in [2.24, 2.45) is 22.6 Å². The van der Waals surface area contributed by atoms with Gasteiger partial charge >= 0.3 is 0 Å². The third-order valence-corrected chi connectivity index (χ3v) is 5.16. The Labute approximate surface area is 126 Å². The van der Waals surface area contributed by atoms with Crippen LogP contribution in [0.2, 0.25) is 0 Å². The lowest BCUT2D eigenvalue weighted by atomic mass is 9.77. The van der Waals surface area contributed by atoms with Crippen LogP contribution in [0, 0.1) is 11.8 Å². The Morgan fingerprint density at radius 2 is 2.30 bits per heavy atom. The summed E-state index contributed by atoms with van der Waals surface area (Å²) < 4.78 is 0. The van der Waals surface area contributed by atoms with Crippen LogP contribution < -0.4 is 5.73 Å². The van der Waals surface area contributed by atoms with E-state index in [1.54, 1.807) is 0 Å². The van der Waals surface area contributed by atoms with Gasteiger partial charge < -0.3 is 10.6 Å². The fourth-order valence-electron chi connectivity index (χ4n) is 3.32. The Morgan fingerprint density at radius 3 is 2.85 bits per heavy atom. The first-order chi connectivity index (χ1) is 9.49. The molecule has 1 saturated heterocycles. The minimum absolute atomic E-state index is 0.592. The minimum atomic E-state index is 0.592. The molecule has 2 unspecified atom stereocenters. The number of hydrogen-bond acceptors (Lipinski definition) is 3. The molecule has 0 aromatic rings. The van der Waals surface area contributed by atoms with Gasteiger partial charge in [0.05, 0.1) is 18.6 Å². The first-order valence-corrected chi connectivity index (χ1v) is 8.17. The summed E-state index contributed by atoms with van der Waals surface area (Å²) in [4.78, 5) is 7.92. The van der Waals surface area contributed by atoms with E-state index in [-0.39, 0.29) is 0 Å². The number of aliphatic imine (C=N–C) groups is 1. The largest absolute Gasteiger partial charge is 0.390 e. The smallest absolute Gasteiger partial charge is 0.0798 e. The zero-order chi connectivity index (χ0) is 14.9. The molecule has 0 bridgehead atoms. The summed E-state index contributed by atoms with van der Waals surface area (Å²) in [6.07, 6.45) is 2.51. The van der Waals surface area contributed by atoms with Gasteiger partial charge in [-0.15, -0.1) is 11.8 Å². The van der Waals surface area contributed by atoms with Gasteiger partial charge in [0.15, 0.2) is 0 Å². The summed E-state index contributed by atoms with van der Waals surface area (Å²) >= 11 is 1.89. The van der Waals surface area contributed by atoms with E-state index in [1.807, 2.05) is 11.8 Å². The number of allylic oxidation sites excluding steroid dienone is 1. The molecule has 0 radical (unpaired) electrons.